The highest BCUT2D eigenvalue weighted by molar-refractivity contribution is 5.09. The third-order valence-corrected chi connectivity index (χ3v) is 1.61. The molecule has 0 bridgehead atoms. The summed E-state index contributed by atoms with van der Waals surface area (Å²) in [5.74, 6) is 0. The number of allylic oxidation sites excluding steroid dienone is 4. The summed E-state index contributed by atoms with van der Waals surface area (Å²) in [7, 11) is 1.98. The molecule has 0 saturated heterocycles. The van der Waals surface area contributed by atoms with Crippen molar-refractivity contribution < 1.29 is 0 Å². The van der Waals surface area contributed by atoms with E-state index in [1.54, 1.807) is 0 Å². The summed E-state index contributed by atoms with van der Waals surface area (Å²) in [5.41, 5.74) is 1.32. The molecule has 11 heavy (non-hydrogen) atoms. The predicted molar refractivity (Wildman–Crippen MR) is 51.5 cm³/mol. The highest BCUT2D eigenvalue weighted by atomic mass is 14.8. The topological polar surface area (TPSA) is 12.0 Å². The molecule has 64 valence electrons. The maximum atomic E-state index is 3.18. The largest absolute Gasteiger partial charge is 0.391 e. The van der Waals surface area contributed by atoms with Crippen LogP contribution in [0.3, 0.4) is 0 Å². The van der Waals surface area contributed by atoms with Gasteiger partial charge in [0.2, 0.25) is 0 Å². The van der Waals surface area contributed by atoms with E-state index < -0.39 is 0 Å². The molecule has 0 atom stereocenters. The number of rotatable bonds is 5. The Morgan fingerprint density at radius 3 is 2.64 bits per heavy atom. The van der Waals surface area contributed by atoms with Gasteiger partial charge in [-0.2, -0.15) is 0 Å². The van der Waals surface area contributed by atoms with E-state index in [2.05, 4.69) is 24.4 Å². The number of hydrogen-bond donors (Lipinski definition) is 1. The predicted octanol–water partition coefficient (Wildman–Crippen LogP) is 2.86. The molecule has 0 aromatic heterocycles. The first-order chi connectivity index (χ1) is 5.35. The average molecular weight is 153 g/mol. The zero-order valence-electron chi connectivity index (χ0n) is 7.85. The van der Waals surface area contributed by atoms with Crippen LogP contribution in [0.1, 0.15) is 33.1 Å². The van der Waals surface area contributed by atoms with Gasteiger partial charge < -0.3 is 5.32 Å². The number of nitrogens with one attached hydrogen (secondary N) is 1. The molecule has 0 spiro atoms. The summed E-state index contributed by atoms with van der Waals surface area (Å²) in [6.07, 6.45) is 9.94. The first-order valence-electron chi connectivity index (χ1n) is 4.34. The van der Waals surface area contributed by atoms with Gasteiger partial charge in [0.1, 0.15) is 0 Å². The Balaban J connectivity index is 3.73. The highest BCUT2D eigenvalue weighted by Crippen LogP contribution is 2.03. The second kappa shape index (κ2) is 7.39. The molecule has 0 aromatic carbocycles. The van der Waals surface area contributed by atoms with Crippen molar-refractivity contribution >= 4 is 0 Å². The second-order valence-electron chi connectivity index (χ2n) is 2.57. The molecule has 1 N–H and O–H groups in total. The summed E-state index contributed by atoms with van der Waals surface area (Å²) < 4.78 is 0. The smallest absolute Gasteiger partial charge is 0.0104 e. The standard InChI is InChI=1S/C10H19N/c1-4-6-8-10(11-3)9-7-5-2/h4,6,8,11H,5,7,9H2,1-3H3/b6-4-,10-8+. The van der Waals surface area contributed by atoms with Crippen molar-refractivity contribution in [1.29, 1.82) is 0 Å². The first kappa shape index (κ1) is 10.3. The Morgan fingerprint density at radius 1 is 1.45 bits per heavy atom. The summed E-state index contributed by atoms with van der Waals surface area (Å²) in [5, 5.41) is 3.18. The van der Waals surface area contributed by atoms with Crippen molar-refractivity contribution in [3.63, 3.8) is 0 Å². The molecule has 1 heteroatoms. The van der Waals surface area contributed by atoms with Crippen LogP contribution in [-0.2, 0) is 0 Å². The van der Waals surface area contributed by atoms with E-state index in [1.807, 2.05) is 20.0 Å². The van der Waals surface area contributed by atoms with Gasteiger partial charge in [0.05, 0.1) is 0 Å². The van der Waals surface area contributed by atoms with Crippen LogP contribution in [0.15, 0.2) is 23.9 Å². The lowest BCUT2D eigenvalue weighted by molar-refractivity contribution is 0.744. The van der Waals surface area contributed by atoms with Gasteiger partial charge in [-0.25, -0.2) is 0 Å². The van der Waals surface area contributed by atoms with E-state index in [0.717, 1.165) is 6.42 Å². The maximum absolute atomic E-state index is 3.18. The van der Waals surface area contributed by atoms with Crippen molar-refractivity contribution in [2.75, 3.05) is 7.05 Å². The molecular formula is C10H19N. The maximum Gasteiger partial charge on any atom is 0.0104 e. The van der Waals surface area contributed by atoms with Gasteiger partial charge in [-0.05, 0) is 25.8 Å². The van der Waals surface area contributed by atoms with Crippen LogP contribution in [0.25, 0.3) is 0 Å². The molecule has 0 aliphatic rings. The molecule has 0 saturated carbocycles. The van der Waals surface area contributed by atoms with Crippen LogP contribution in [0.5, 0.6) is 0 Å². The van der Waals surface area contributed by atoms with Crippen LogP contribution in [0, 0.1) is 0 Å². The fraction of sp³-hybridized carbons (Fsp3) is 0.600. The minimum Gasteiger partial charge on any atom is -0.391 e. The van der Waals surface area contributed by atoms with E-state index in [9.17, 15) is 0 Å². The first-order valence-corrected chi connectivity index (χ1v) is 4.34. The summed E-state index contributed by atoms with van der Waals surface area (Å²) >= 11 is 0. The van der Waals surface area contributed by atoms with Gasteiger partial charge in [-0.1, -0.05) is 25.5 Å². The lowest BCUT2D eigenvalue weighted by Crippen LogP contribution is -2.04. The highest BCUT2D eigenvalue weighted by Gasteiger charge is 1.89. The number of unbranched alkanes of at least 4 members (excludes halogenated alkanes) is 1. The fourth-order valence-electron chi connectivity index (χ4n) is 0.871. The number of hydrogen-bond acceptors (Lipinski definition) is 1. The van der Waals surface area contributed by atoms with Crippen LogP contribution in [-0.4, -0.2) is 7.05 Å². The minimum absolute atomic E-state index is 1.16. The van der Waals surface area contributed by atoms with Gasteiger partial charge in [0.15, 0.2) is 0 Å². The zero-order chi connectivity index (χ0) is 8.53. The summed E-state index contributed by atoms with van der Waals surface area (Å²) in [6, 6.07) is 0. The van der Waals surface area contributed by atoms with Crippen molar-refractivity contribution in [2.45, 2.75) is 33.1 Å². The van der Waals surface area contributed by atoms with Crippen LogP contribution < -0.4 is 5.32 Å². The normalized spacial score (nSPS) is 12.5. The molecule has 0 rings (SSSR count). The summed E-state index contributed by atoms with van der Waals surface area (Å²) in [4.78, 5) is 0. The third-order valence-electron chi connectivity index (χ3n) is 1.61. The van der Waals surface area contributed by atoms with E-state index in [-0.39, 0.29) is 0 Å². The van der Waals surface area contributed by atoms with E-state index in [1.165, 1.54) is 18.5 Å². The SMILES string of the molecule is C/C=C\C=C(/CCCC)NC. The lowest BCUT2D eigenvalue weighted by Gasteiger charge is -2.03. The minimum atomic E-state index is 1.16. The van der Waals surface area contributed by atoms with Gasteiger partial charge in [0, 0.05) is 12.7 Å². The molecule has 0 aliphatic carbocycles. The Bertz CT molecular complexity index is 134. The quantitative estimate of drug-likeness (QED) is 0.599. The van der Waals surface area contributed by atoms with Crippen molar-refractivity contribution in [3.05, 3.63) is 23.9 Å². The molecule has 0 radical (unpaired) electrons. The fourth-order valence-corrected chi connectivity index (χ4v) is 0.871. The molecule has 0 heterocycles. The van der Waals surface area contributed by atoms with Crippen molar-refractivity contribution in [1.82, 2.24) is 5.32 Å². The van der Waals surface area contributed by atoms with Crippen molar-refractivity contribution in [2.24, 2.45) is 0 Å². The monoisotopic (exact) mass is 153 g/mol. The van der Waals surface area contributed by atoms with Gasteiger partial charge >= 0.3 is 0 Å². The molecular weight excluding hydrogens is 134 g/mol. The molecule has 0 fully saturated rings. The third kappa shape index (κ3) is 5.71. The van der Waals surface area contributed by atoms with Crippen LogP contribution in [0.4, 0.5) is 0 Å². The molecule has 0 unspecified atom stereocenters. The van der Waals surface area contributed by atoms with Crippen molar-refractivity contribution in [3.8, 4) is 0 Å². The van der Waals surface area contributed by atoms with Crippen LogP contribution in [0.2, 0.25) is 0 Å². The molecule has 1 nitrogen and oxygen atoms in total. The average Bonchev–Trinajstić information content (AvgIpc) is 2.05. The Kier molecular flexibility index (Phi) is 6.90. The van der Waals surface area contributed by atoms with Gasteiger partial charge in [0.25, 0.3) is 0 Å². The van der Waals surface area contributed by atoms with Gasteiger partial charge in [-0.15, -0.1) is 0 Å². The van der Waals surface area contributed by atoms with Gasteiger partial charge in [-0.3, -0.25) is 0 Å². The molecule has 0 aromatic rings. The Labute approximate surface area is 70.2 Å². The summed E-state index contributed by atoms with van der Waals surface area (Å²) in [6.45, 7) is 4.24. The molecule has 0 amide bonds. The lowest BCUT2D eigenvalue weighted by atomic mass is 10.2. The van der Waals surface area contributed by atoms with E-state index >= 15 is 0 Å². The Hall–Kier alpha value is -0.720. The Morgan fingerprint density at radius 2 is 2.18 bits per heavy atom. The molecule has 0 aliphatic heterocycles. The zero-order valence-corrected chi connectivity index (χ0v) is 7.85. The van der Waals surface area contributed by atoms with E-state index in [4.69, 9.17) is 0 Å². The van der Waals surface area contributed by atoms with Crippen LogP contribution >= 0.6 is 0 Å². The van der Waals surface area contributed by atoms with E-state index in [0.29, 0.717) is 0 Å². The second-order valence-corrected chi connectivity index (χ2v) is 2.57.